The first-order valence-electron chi connectivity index (χ1n) is 8.67. The molecule has 7 nitrogen and oxygen atoms in total. The number of carboxylic acid groups (broad SMARTS) is 1. The summed E-state index contributed by atoms with van der Waals surface area (Å²) in [6, 6.07) is 2.00. The van der Waals surface area contributed by atoms with Crippen molar-refractivity contribution in [1.29, 1.82) is 0 Å². The van der Waals surface area contributed by atoms with Gasteiger partial charge in [0.25, 0.3) is 5.91 Å². The Bertz CT molecular complexity index is 865. The molecule has 1 aliphatic carbocycles. The number of aromatic nitrogens is 2. The van der Waals surface area contributed by atoms with E-state index >= 15 is 0 Å². The van der Waals surface area contributed by atoms with Crippen molar-refractivity contribution < 1.29 is 18.6 Å². The van der Waals surface area contributed by atoms with Crippen LogP contribution in [0.5, 0.6) is 0 Å². The Labute approximate surface area is 154 Å². The molecular weight excluding hydrogens is 359 g/mol. The summed E-state index contributed by atoms with van der Waals surface area (Å²) in [5.41, 5.74) is 1.61. The highest BCUT2D eigenvalue weighted by Gasteiger charge is 2.36. The molecule has 1 saturated carbocycles. The number of aliphatic carboxylic acids is 1. The minimum Gasteiger partial charge on any atom is -0.480 e. The van der Waals surface area contributed by atoms with Crippen LogP contribution < -0.4 is 4.90 Å². The molecule has 0 bridgehead atoms. The summed E-state index contributed by atoms with van der Waals surface area (Å²) in [5, 5.41) is 9.88. The Morgan fingerprint density at radius 2 is 2.12 bits per heavy atom. The van der Waals surface area contributed by atoms with Gasteiger partial charge in [-0.1, -0.05) is 19.3 Å². The molecule has 0 spiro atoms. The standard InChI is InChI=1S/C17H19FN4O3S/c18-26-22-7-6-12-15-13(8-19-16(12)22)17(25)20(9-14(23)24)10-21(15)11-4-2-1-3-5-11/h6-8,11H,1-5,9-10H2,(H,23,24). The SMILES string of the molecule is O=C(O)CN1CN(C2CCCCC2)c2c(cnc3c2ccn3SF)C1=O. The highest BCUT2D eigenvalue weighted by molar-refractivity contribution is 7.92. The zero-order valence-electron chi connectivity index (χ0n) is 14.1. The molecule has 1 fully saturated rings. The van der Waals surface area contributed by atoms with Crippen LogP contribution in [0.25, 0.3) is 11.0 Å². The summed E-state index contributed by atoms with van der Waals surface area (Å²) in [6.45, 7) is -0.114. The van der Waals surface area contributed by atoms with Gasteiger partial charge in [-0.3, -0.25) is 9.59 Å². The number of hydrogen-bond donors (Lipinski definition) is 1. The zero-order chi connectivity index (χ0) is 18.3. The van der Waals surface area contributed by atoms with Gasteiger partial charge >= 0.3 is 5.97 Å². The average Bonchev–Trinajstić information content (AvgIpc) is 3.07. The largest absolute Gasteiger partial charge is 0.480 e. The van der Waals surface area contributed by atoms with Crippen molar-refractivity contribution in [1.82, 2.24) is 13.9 Å². The van der Waals surface area contributed by atoms with Gasteiger partial charge in [-0.2, -0.15) is 0 Å². The van der Waals surface area contributed by atoms with Crippen molar-refractivity contribution in [2.45, 2.75) is 38.1 Å². The topological polar surface area (TPSA) is 78.7 Å². The third kappa shape index (κ3) is 2.80. The number of nitrogens with zero attached hydrogens (tertiary/aromatic N) is 4. The highest BCUT2D eigenvalue weighted by atomic mass is 32.2. The fourth-order valence-electron chi connectivity index (χ4n) is 4.04. The van der Waals surface area contributed by atoms with Gasteiger partial charge in [0.05, 0.1) is 17.9 Å². The minimum atomic E-state index is -1.04. The lowest BCUT2D eigenvalue weighted by Crippen LogP contribution is -2.52. The molecule has 3 heterocycles. The van der Waals surface area contributed by atoms with E-state index in [0.717, 1.165) is 36.8 Å². The Balaban J connectivity index is 1.85. The van der Waals surface area contributed by atoms with Crippen LogP contribution in [0.15, 0.2) is 18.5 Å². The van der Waals surface area contributed by atoms with Gasteiger partial charge in [-0.25, -0.2) is 8.96 Å². The molecule has 0 aromatic carbocycles. The molecular formula is C17H19FN4O3S. The molecule has 2 aromatic rings. The fourth-order valence-corrected chi connectivity index (χ4v) is 4.35. The predicted molar refractivity (Wildman–Crippen MR) is 96.7 cm³/mol. The quantitative estimate of drug-likeness (QED) is 0.881. The maximum absolute atomic E-state index is 13.1. The Hall–Kier alpha value is -2.29. The zero-order valence-corrected chi connectivity index (χ0v) is 14.9. The van der Waals surface area contributed by atoms with Crippen LogP contribution in [-0.4, -0.2) is 50.1 Å². The fraction of sp³-hybridized carbons (Fsp3) is 0.471. The first-order valence-corrected chi connectivity index (χ1v) is 9.34. The van der Waals surface area contributed by atoms with Crippen LogP contribution in [-0.2, 0) is 4.79 Å². The summed E-state index contributed by atoms with van der Waals surface area (Å²) in [7, 11) is 0. The van der Waals surface area contributed by atoms with E-state index in [4.69, 9.17) is 5.11 Å². The number of halogens is 1. The van der Waals surface area contributed by atoms with Crippen molar-refractivity contribution in [3.63, 3.8) is 0 Å². The Kier molecular flexibility index (Phi) is 4.47. The third-order valence-corrected chi connectivity index (χ3v) is 5.64. The molecule has 2 aromatic heterocycles. The Morgan fingerprint density at radius 1 is 1.35 bits per heavy atom. The van der Waals surface area contributed by atoms with Gasteiger partial charge in [-0.05, 0) is 18.9 Å². The number of hydrogen-bond acceptors (Lipinski definition) is 5. The van der Waals surface area contributed by atoms with Crippen LogP contribution in [0.4, 0.5) is 9.57 Å². The van der Waals surface area contributed by atoms with Crippen molar-refractivity contribution in [3.05, 3.63) is 24.0 Å². The Morgan fingerprint density at radius 3 is 2.81 bits per heavy atom. The van der Waals surface area contributed by atoms with Gasteiger partial charge in [0.15, 0.2) is 18.0 Å². The van der Waals surface area contributed by atoms with Gasteiger partial charge in [0.2, 0.25) is 0 Å². The second kappa shape index (κ2) is 6.79. The van der Waals surface area contributed by atoms with Crippen LogP contribution in [0, 0.1) is 0 Å². The predicted octanol–water partition coefficient (Wildman–Crippen LogP) is 3.05. The summed E-state index contributed by atoms with van der Waals surface area (Å²) in [5.74, 6) is -1.39. The van der Waals surface area contributed by atoms with Crippen LogP contribution in [0.1, 0.15) is 42.5 Å². The normalized spacial score (nSPS) is 18.4. The number of carbonyl (C=O) groups is 2. The minimum absolute atomic E-state index is 0.0648. The third-order valence-electron chi connectivity index (χ3n) is 5.20. The first-order chi connectivity index (χ1) is 12.6. The number of anilines is 1. The van der Waals surface area contributed by atoms with E-state index in [0.29, 0.717) is 11.2 Å². The lowest BCUT2D eigenvalue weighted by atomic mass is 9.92. The summed E-state index contributed by atoms with van der Waals surface area (Å²) < 4.78 is 14.5. The van der Waals surface area contributed by atoms with E-state index in [-0.39, 0.29) is 37.5 Å². The van der Waals surface area contributed by atoms with Crippen LogP contribution in [0.2, 0.25) is 0 Å². The van der Waals surface area contributed by atoms with Gasteiger partial charge in [0, 0.05) is 23.8 Å². The molecule has 0 atom stereocenters. The summed E-state index contributed by atoms with van der Waals surface area (Å²) in [6.07, 6.45) is 8.44. The van der Waals surface area contributed by atoms with E-state index in [9.17, 15) is 13.5 Å². The molecule has 1 amide bonds. The first kappa shape index (κ1) is 17.1. The number of carboxylic acids is 1. The highest BCUT2D eigenvalue weighted by Crippen LogP contribution is 2.39. The average molecular weight is 378 g/mol. The molecule has 26 heavy (non-hydrogen) atoms. The van der Waals surface area contributed by atoms with Gasteiger partial charge in [-0.15, -0.1) is 3.89 Å². The maximum Gasteiger partial charge on any atom is 0.323 e. The van der Waals surface area contributed by atoms with Crippen molar-refractivity contribution >= 4 is 40.9 Å². The monoisotopic (exact) mass is 378 g/mol. The van der Waals surface area contributed by atoms with Crippen molar-refractivity contribution in [3.8, 4) is 0 Å². The number of amides is 1. The van der Waals surface area contributed by atoms with Crippen molar-refractivity contribution in [2.75, 3.05) is 18.1 Å². The van der Waals surface area contributed by atoms with Crippen LogP contribution in [0.3, 0.4) is 0 Å². The molecule has 0 unspecified atom stereocenters. The number of fused-ring (bicyclic) bond motifs is 3. The van der Waals surface area contributed by atoms with E-state index < -0.39 is 5.97 Å². The molecule has 4 rings (SSSR count). The molecule has 0 radical (unpaired) electrons. The van der Waals surface area contributed by atoms with E-state index in [1.165, 1.54) is 21.5 Å². The summed E-state index contributed by atoms with van der Waals surface area (Å²) >= 11 is 0.0648. The van der Waals surface area contributed by atoms with Gasteiger partial charge < -0.3 is 14.9 Å². The second-order valence-electron chi connectivity index (χ2n) is 6.77. The maximum atomic E-state index is 13.1. The van der Waals surface area contributed by atoms with Crippen LogP contribution >= 0.6 is 12.3 Å². The second-order valence-corrected chi connectivity index (χ2v) is 7.30. The van der Waals surface area contributed by atoms with E-state index in [2.05, 4.69) is 9.88 Å². The number of carbonyl (C=O) groups excluding carboxylic acids is 1. The molecule has 138 valence electrons. The van der Waals surface area contributed by atoms with Gasteiger partial charge in [0.1, 0.15) is 6.54 Å². The molecule has 1 N–H and O–H groups in total. The smallest absolute Gasteiger partial charge is 0.323 e. The lowest BCUT2D eigenvalue weighted by Gasteiger charge is -2.43. The molecule has 1 aliphatic heterocycles. The lowest BCUT2D eigenvalue weighted by molar-refractivity contribution is -0.137. The summed E-state index contributed by atoms with van der Waals surface area (Å²) in [4.78, 5) is 31.7. The number of pyridine rings is 1. The number of rotatable bonds is 4. The molecule has 2 aliphatic rings. The molecule has 9 heteroatoms. The molecule has 0 saturated heterocycles. The van der Waals surface area contributed by atoms with E-state index in [1.54, 1.807) is 12.3 Å². The van der Waals surface area contributed by atoms with Crippen molar-refractivity contribution in [2.24, 2.45) is 0 Å². The van der Waals surface area contributed by atoms with E-state index in [1.807, 2.05) is 0 Å².